The molecule has 0 saturated heterocycles. The number of aromatic nitrogens is 1. The third kappa shape index (κ3) is 2.19. The molecule has 0 spiro atoms. The topological polar surface area (TPSA) is 53.1 Å². The fraction of sp³-hybridized carbons (Fsp3) is 0.133. The number of thioether (sulfide) groups is 1. The first-order valence-corrected chi connectivity index (χ1v) is 7.20. The average Bonchev–Trinajstić information content (AvgIpc) is 2.75. The molecular weight excluding hydrogens is 258 g/mol. The largest absolute Gasteiger partial charge is 0.481 e. The second-order valence-corrected chi connectivity index (χ2v) is 5.37. The van der Waals surface area contributed by atoms with Gasteiger partial charge in [-0.2, -0.15) is 0 Å². The maximum Gasteiger partial charge on any atom is 0.307 e. The first-order chi connectivity index (χ1) is 9.17. The summed E-state index contributed by atoms with van der Waals surface area (Å²) in [5.41, 5.74) is 2.96. The van der Waals surface area contributed by atoms with E-state index in [1.165, 1.54) is 4.90 Å². The van der Waals surface area contributed by atoms with Crippen molar-refractivity contribution in [2.75, 3.05) is 6.26 Å². The van der Waals surface area contributed by atoms with Gasteiger partial charge in [-0.1, -0.05) is 6.07 Å². The van der Waals surface area contributed by atoms with Crippen LogP contribution in [0.2, 0.25) is 0 Å². The van der Waals surface area contributed by atoms with Gasteiger partial charge in [-0.05, 0) is 42.2 Å². The van der Waals surface area contributed by atoms with Gasteiger partial charge in [0.25, 0.3) is 0 Å². The minimum absolute atomic E-state index is 0.0603. The molecule has 96 valence electrons. The average molecular weight is 271 g/mol. The molecule has 0 aliphatic rings. The van der Waals surface area contributed by atoms with Gasteiger partial charge >= 0.3 is 5.97 Å². The number of benzene rings is 2. The summed E-state index contributed by atoms with van der Waals surface area (Å²) < 4.78 is 0. The molecule has 0 fully saturated rings. The molecule has 0 amide bonds. The number of carboxylic acids is 1. The molecule has 0 aliphatic heterocycles. The number of hydrogen-bond donors (Lipinski definition) is 2. The minimum atomic E-state index is -0.802. The first-order valence-electron chi connectivity index (χ1n) is 5.97. The van der Waals surface area contributed by atoms with Crippen LogP contribution in [0, 0.1) is 0 Å². The fourth-order valence-electron chi connectivity index (χ4n) is 2.34. The number of carboxylic acid groups (broad SMARTS) is 1. The lowest BCUT2D eigenvalue weighted by molar-refractivity contribution is -0.136. The highest BCUT2D eigenvalue weighted by molar-refractivity contribution is 7.98. The molecule has 2 aromatic carbocycles. The van der Waals surface area contributed by atoms with E-state index in [2.05, 4.69) is 23.2 Å². The normalized spacial score (nSPS) is 11.2. The van der Waals surface area contributed by atoms with Crippen molar-refractivity contribution < 1.29 is 9.90 Å². The van der Waals surface area contributed by atoms with Crippen molar-refractivity contribution in [3.8, 4) is 0 Å². The van der Waals surface area contributed by atoms with Crippen LogP contribution in [0.3, 0.4) is 0 Å². The van der Waals surface area contributed by atoms with Crippen molar-refractivity contribution in [3.05, 3.63) is 42.0 Å². The number of H-pyrrole nitrogens is 1. The zero-order chi connectivity index (χ0) is 13.4. The standard InChI is InChI=1S/C15H13NO2S/c1-19-10-3-5-14-12(8-10)11-6-9(7-15(17)18)2-4-13(11)16-14/h2-6,8,16H,7H2,1H3,(H,17,18). The summed E-state index contributed by atoms with van der Waals surface area (Å²) in [6, 6.07) is 12.1. The maximum atomic E-state index is 10.8. The third-order valence-corrected chi connectivity index (χ3v) is 3.95. The summed E-state index contributed by atoms with van der Waals surface area (Å²) in [5, 5.41) is 11.1. The number of fused-ring (bicyclic) bond motifs is 3. The van der Waals surface area contributed by atoms with E-state index < -0.39 is 5.97 Å². The van der Waals surface area contributed by atoms with Crippen molar-refractivity contribution in [2.45, 2.75) is 11.3 Å². The van der Waals surface area contributed by atoms with Crippen molar-refractivity contribution in [2.24, 2.45) is 0 Å². The molecule has 0 bridgehead atoms. The first kappa shape index (κ1) is 12.1. The van der Waals surface area contributed by atoms with Crippen molar-refractivity contribution in [1.29, 1.82) is 0 Å². The molecule has 0 radical (unpaired) electrons. The molecule has 19 heavy (non-hydrogen) atoms. The molecule has 2 N–H and O–H groups in total. The molecule has 1 aromatic heterocycles. The van der Waals surface area contributed by atoms with Crippen LogP contribution in [0.4, 0.5) is 0 Å². The highest BCUT2D eigenvalue weighted by atomic mass is 32.2. The van der Waals surface area contributed by atoms with Gasteiger partial charge in [0.05, 0.1) is 6.42 Å². The predicted molar refractivity (Wildman–Crippen MR) is 78.9 cm³/mol. The Morgan fingerprint density at radius 3 is 2.53 bits per heavy atom. The lowest BCUT2D eigenvalue weighted by atomic mass is 10.1. The minimum Gasteiger partial charge on any atom is -0.481 e. The zero-order valence-electron chi connectivity index (χ0n) is 10.4. The van der Waals surface area contributed by atoms with Gasteiger partial charge in [-0.25, -0.2) is 0 Å². The number of carbonyl (C=O) groups is 1. The van der Waals surface area contributed by atoms with Crippen LogP contribution in [-0.4, -0.2) is 22.3 Å². The van der Waals surface area contributed by atoms with Crippen molar-refractivity contribution in [1.82, 2.24) is 4.98 Å². The third-order valence-electron chi connectivity index (χ3n) is 3.23. The van der Waals surface area contributed by atoms with Crippen LogP contribution in [0.1, 0.15) is 5.56 Å². The summed E-state index contributed by atoms with van der Waals surface area (Å²) in [7, 11) is 0. The number of aromatic amines is 1. The number of aliphatic carboxylic acids is 1. The van der Waals surface area contributed by atoms with E-state index in [1.54, 1.807) is 11.8 Å². The highest BCUT2D eigenvalue weighted by Gasteiger charge is 2.07. The molecule has 0 atom stereocenters. The molecule has 3 nitrogen and oxygen atoms in total. The van der Waals surface area contributed by atoms with Gasteiger partial charge < -0.3 is 10.1 Å². The van der Waals surface area contributed by atoms with E-state index in [-0.39, 0.29) is 6.42 Å². The Morgan fingerprint density at radius 1 is 1.16 bits per heavy atom. The monoisotopic (exact) mass is 271 g/mol. The van der Waals surface area contributed by atoms with E-state index in [0.717, 1.165) is 27.4 Å². The fourth-order valence-corrected chi connectivity index (χ4v) is 2.77. The van der Waals surface area contributed by atoms with Gasteiger partial charge in [0.1, 0.15) is 0 Å². The van der Waals surface area contributed by atoms with Crippen LogP contribution < -0.4 is 0 Å². The zero-order valence-corrected chi connectivity index (χ0v) is 11.3. The van der Waals surface area contributed by atoms with Crippen molar-refractivity contribution >= 4 is 39.5 Å². The number of hydrogen-bond acceptors (Lipinski definition) is 2. The van der Waals surface area contributed by atoms with Gasteiger partial charge in [0.2, 0.25) is 0 Å². The Bertz CT molecular complexity index is 776. The Balaban J connectivity index is 2.23. The van der Waals surface area contributed by atoms with E-state index in [1.807, 2.05) is 24.5 Å². The summed E-state index contributed by atoms with van der Waals surface area (Å²) in [5.74, 6) is -0.802. The van der Waals surface area contributed by atoms with Crippen molar-refractivity contribution in [3.63, 3.8) is 0 Å². The van der Waals surface area contributed by atoms with E-state index in [4.69, 9.17) is 5.11 Å². The van der Waals surface area contributed by atoms with Crippen LogP contribution in [0.15, 0.2) is 41.3 Å². The Labute approximate surface area is 114 Å². The second-order valence-electron chi connectivity index (χ2n) is 4.49. The Morgan fingerprint density at radius 2 is 1.84 bits per heavy atom. The summed E-state index contributed by atoms with van der Waals surface area (Å²) >= 11 is 1.70. The quantitative estimate of drug-likeness (QED) is 0.715. The van der Waals surface area contributed by atoms with Gasteiger partial charge in [-0.15, -0.1) is 11.8 Å². The molecule has 3 rings (SSSR count). The molecule has 4 heteroatoms. The van der Waals surface area contributed by atoms with Crippen LogP contribution >= 0.6 is 11.8 Å². The maximum absolute atomic E-state index is 10.8. The summed E-state index contributed by atoms with van der Waals surface area (Å²) in [6.07, 6.45) is 2.11. The Hall–Kier alpha value is -1.94. The van der Waals surface area contributed by atoms with E-state index >= 15 is 0 Å². The molecular formula is C15H13NO2S. The van der Waals surface area contributed by atoms with Gasteiger partial charge in [0.15, 0.2) is 0 Å². The second kappa shape index (κ2) is 4.63. The summed E-state index contributed by atoms with van der Waals surface area (Å²) in [6.45, 7) is 0. The van der Waals surface area contributed by atoms with E-state index in [0.29, 0.717) is 0 Å². The van der Waals surface area contributed by atoms with Gasteiger partial charge in [-0.3, -0.25) is 4.79 Å². The smallest absolute Gasteiger partial charge is 0.307 e. The number of rotatable bonds is 3. The molecule has 0 unspecified atom stereocenters. The lowest BCUT2D eigenvalue weighted by Crippen LogP contribution is -1.99. The van der Waals surface area contributed by atoms with Crippen LogP contribution in [-0.2, 0) is 11.2 Å². The van der Waals surface area contributed by atoms with Crippen LogP contribution in [0.5, 0.6) is 0 Å². The number of nitrogens with one attached hydrogen (secondary N) is 1. The molecule has 0 aliphatic carbocycles. The van der Waals surface area contributed by atoms with Gasteiger partial charge in [0, 0.05) is 26.7 Å². The molecule has 3 aromatic rings. The summed E-state index contributed by atoms with van der Waals surface area (Å²) in [4.78, 5) is 15.4. The van der Waals surface area contributed by atoms with E-state index in [9.17, 15) is 4.79 Å². The molecule has 1 heterocycles. The molecule has 0 saturated carbocycles. The Kier molecular flexibility index (Phi) is 2.95. The highest BCUT2D eigenvalue weighted by Crippen LogP contribution is 2.29. The van der Waals surface area contributed by atoms with Crippen LogP contribution in [0.25, 0.3) is 21.8 Å². The predicted octanol–water partition coefficient (Wildman–Crippen LogP) is 3.67. The SMILES string of the molecule is CSc1ccc2[nH]c3ccc(CC(=O)O)cc3c2c1. The lowest BCUT2D eigenvalue weighted by Gasteiger charge is -1.99.